The molecule has 0 amide bonds. The maximum Gasteiger partial charge on any atom is 0.315 e. The lowest BCUT2D eigenvalue weighted by molar-refractivity contribution is -0.907. The van der Waals surface area contributed by atoms with Crippen LogP contribution in [0.1, 0.15) is 27.2 Å². The number of fused-ring (bicyclic) bond motifs is 2. The van der Waals surface area contributed by atoms with E-state index < -0.39 is 5.41 Å². The zero-order valence-electron chi connectivity index (χ0n) is 17.9. The van der Waals surface area contributed by atoms with Crippen molar-refractivity contribution in [1.82, 2.24) is 0 Å². The number of para-hydroxylation sites is 1. The smallest absolute Gasteiger partial charge is 0.315 e. The molecule has 0 aliphatic carbocycles. The first-order valence-electron chi connectivity index (χ1n) is 9.90. The van der Waals surface area contributed by atoms with Gasteiger partial charge in [0.15, 0.2) is 0 Å². The van der Waals surface area contributed by atoms with Crippen LogP contribution in [0.15, 0.2) is 52.3 Å². The van der Waals surface area contributed by atoms with Crippen molar-refractivity contribution in [2.24, 2.45) is 5.41 Å². The summed E-state index contributed by atoms with van der Waals surface area (Å²) in [7, 11) is 4.20. The van der Waals surface area contributed by atoms with Gasteiger partial charge in [0, 0.05) is 27.8 Å². The molecule has 156 valence electrons. The van der Waals surface area contributed by atoms with Crippen LogP contribution >= 0.6 is 23.4 Å². The number of ether oxygens (including phenoxy) is 1. The Kier molecular flexibility index (Phi) is 6.51. The summed E-state index contributed by atoms with van der Waals surface area (Å²) in [5.41, 5.74) is 1.90. The molecule has 6 heteroatoms. The Morgan fingerprint density at radius 3 is 2.52 bits per heavy atom. The van der Waals surface area contributed by atoms with E-state index in [1.807, 2.05) is 32.9 Å². The molecule has 0 atom stereocenters. The molecule has 0 radical (unpaired) electrons. The van der Waals surface area contributed by atoms with E-state index >= 15 is 0 Å². The summed E-state index contributed by atoms with van der Waals surface area (Å²) in [6.07, 6.45) is 0.963. The molecule has 0 aromatic heterocycles. The Labute approximate surface area is 183 Å². The minimum Gasteiger partial charge on any atom is -0.415 e. The van der Waals surface area contributed by atoms with Crippen molar-refractivity contribution < 1.29 is 14.0 Å². The van der Waals surface area contributed by atoms with Gasteiger partial charge in [-0.05, 0) is 51.1 Å². The summed E-state index contributed by atoms with van der Waals surface area (Å²) in [4.78, 5) is 16.9. The fraction of sp³-hybridized carbons (Fsp3) is 0.435. The number of nitrogens with zero attached hydrogens (tertiary/aromatic N) is 2. The highest BCUT2D eigenvalue weighted by Crippen LogP contribution is 2.48. The third-order valence-electron chi connectivity index (χ3n) is 4.89. The van der Waals surface area contributed by atoms with Crippen LogP contribution in [-0.2, 0) is 9.53 Å². The van der Waals surface area contributed by atoms with Crippen LogP contribution < -0.4 is 4.90 Å². The van der Waals surface area contributed by atoms with E-state index in [9.17, 15) is 4.79 Å². The van der Waals surface area contributed by atoms with Crippen molar-refractivity contribution in [2.45, 2.75) is 37.0 Å². The SMILES string of the molecule is CC(C)(C)C(=O)OC[N+](C)(C)CCCN1c2ccccc2Sc2ccc(Cl)cc21. The van der Waals surface area contributed by atoms with E-state index in [-0.39, 0.29) is 5.97 Å². The highest BCUT2D eigenvalue weighted by atomic mass is 35.5. The molecular weight excluding hydrogens is 404 g/mol. The van der Waals surface area contributed by atoms with E-state index in [0.717, 1.165) is 30.2 Å². The van der Waals surface area contributed by atoms with Gasteiger partial charge in [-0.15, -0.1) is 0 Å². The van der Waals surface area contributed by atoms with Gasteiger partial charge in [0.05, 0.1) is 37.4 Å². The summed E-state index contributed by atoms with van der Waals surface area (Å²) in [6.45, 7) is 7.79. The maximum absolute atomic E-state index is 12.1. The van der Waals surface area contributed by atoms with E-state index in [2.05, 4.69) is 49.3 Å². The van der Waals surface area contributed by atoms with Gasteiger partial charge < -0.3 is 9.64 Å². The lowest BCUT2D eigenvalue weighted by atomic mass is 9.97. The lowest BCUT2D eigenvalue weighted by Crippen LogP contribution is -2.45. The fourth-order valence-electron chi connectivity index (χ4n) is 3.21. The Morgan fingerprint density at radius 2 is 1.79 bits per heavy atom. The predicted octanol–water partition coefficient (Wildman–Crippen LogP) is 5.96. The van der Waals surface area contributed by atoms with Crippen LogP contribution in [0.2, 0.25) is 5.02 Å². The molecule has 0 fully saturated rings. The molecule has 4 nitrogen and oxygen atoms in total. The van der Waals surface area contributed by atoms with Crippen LogP contribution in [0, 0.1) is 5.41 Å². The first-order chi connectivity index (χ1) is 13.6. The quantitative estimate of drug-likeness (QED) is 0.319. The first kappa shape index (κ1) is 22.0. The third kappa shape index (κ3) is 5.47. The second kappa shape index (κ2) is 8.58. The summed E-state index contributed by atoms with van der Waals surface area (Å²) in [5, 5.41) is 0.749. The summed E-state index contributed by atoms with van der Waals surface area (Å²) in [6, 6.07) is 14.6. The van der Waals surface area contributed by atoms with Gasteiger partial charge in [0.25, 0.3) is 0 Å². The molecular formula is C23H30ClN2O2S+. The molecule has 3 rings (SSSR count). The van der Waals surface area contributed by atoms with E-state index in [4.69, 9.17) is 16.3 Å². The van der Waals surface area contributed by atoms with Crippen LogP contribution in [0.25, 0.3) is 0 Å². The molecule has 0 bridgehead atoms. The van der Waals surface area contributed by atoms with Crippen molar-refractivity contribution in [3.05, 3.63) is 47.5 Å². The van der Waals surface area contributed by atoms with Gasteiger partial charge in [-0.25, -0.2) is 0 Å². The highest BCUT2D eigenvalue weighted by Gasteiger charge is 2.27. The number of benzene rings is 2. The monoisotopic (exact) mass is 433 g/mol. The number of quaternary nitrogens is 1. The van der Waals surface area contributed by atoms with Crippen molar-refractivity contribution >= 4 is 40.7 Å². The second-order valence-electron chi connectivity index (χ2n) is 9.16. The second-order valence-corrected chi connectivity index (χ2v) is 10.7. The van der Waals surface area contributed by atoms with E-state index in [0.29, 0.717) is 11.2 Å². The highest BCUT2D eigenvalue weighted by molar-refractivity contribution is 7.99. The van der Waals surface area contributed by atoms with Crippen LogP contribution in [0.5, 0.6) is 0 Å². The molecule has 2 aromatic rings. The number of carbonyl (C=O) groups excluding carboxylic acids is 1. The molecule has 2 aromatic carbocycles. The number of rotatable bonds is 6. The Hall–Kier alpha value is -1.69. The third-order valence-corrected chi connectivity index (χ3v) is 6.26. The summed E-state index contributed by atoms with van der Waals surface area (Å²) in [5.74, 6) is -0.158. The van der Waals surface area contributed by atoms with Crippen molar-refractivity contribution in [1.29, 1.82) is 0 Å². The molecule has 0 saturated carbocycles. The average molecular weight is 434 g/mol. The minimum atomic E-state index is -0.474. The molecule has 0 N–H and O–H groups in total. The minimum absolute atomic E-state index is 0.158. The maximum atomic E-state index is 12.1. The Bertz CT molecular complexity index is 893. The van der Waals surface area contributed by atoms with Gasteiger partial charge in [0.2, 0.25) is 6.73 Å². The fourth-order valence-corrected chi connectivity index (χ4v) is 4.46. The zero-order chi connectivity index (χ0) is 21.2. The average Bonchev–Trinajstić information content (AvgIpc) is 2.65. The molecule has 0 unspecified atom stereocenters. The van der Waals surface area contributed by atoms with E-state index in [1.54, 1.807) is 11.8 Å². The normalized spacial score (nSPS) is 13.7. The van der Waals surface area contributed by atoms with Gasteiger partial charge >= 0.3 is 5.97 Å². The number of halogens is 1. The first-order valence-corrected chi connectivity index (χ1v) is 11.1. The van der Waals surface area contributed by atoms with Crippen LogP contribution in [0.3, 0.4) is 0 Å². The number of esters is 1. The van der Waals surface area contributed by atoms with Crippen molar-refractivity contribution in [2.75, 3.05) is 38.8 Å². The van der Waals surface area contributed by atoms with Gasteiger partial charge in [-0.3, -0.25) is 9.28 Å². The number of hydrogen-bond donors (Lipinski definition) is 0. The topological polar surface area (TPSA) is 29.5 Å². The Morgan fingerprint density at radius 1 is 1.10 bits per heavy atom. The lowest BCUT2D eigenvalue weighted by Gasteiger charge is -2.35. The van der Waals surface area contributed by atoms with Crippen LogP contribution in [-0.4, -0.2) is 44.4 Å². The zero-order valence-corrected chi connectivity index (χ0v) is 19.4. The van der Waals surface area contributed by atoms with Gasteiger partial charge in [-0.1, -0.05) is 35.5 Å². The van der Waals surface area contributed by atoms with Gasteiger partial charge in [-0.2, -0.15) is 0 Å². The number of carbonyl (C=O) groups is 1. The standard InChI is InChI=1S/C23H30ClN2O2S/c1-23(2,3)22(27)28-16-26(4,5)14-8-13-25-18-9-6-7-10-20(18)29-21-12-11-17(24)15-19(21)25/h6-7,9-12,15H,8,13-14,16H2,1-5H3/q+1. The molecule has 1 aliphatic rings. The largest absolute Gasteiger partial charge is 0.415 e. The van der Waals surface area contributed by atoms with Crippen molar-refractivity contribution in [3.8, 4) is 0 Å². The predicted molar refractivity (Wildman–Crippen MR) is 121 cm³/mol. The number of hydrogen-bond acceptors (Lipinski definition) is 4. The number of anilines is 2. The van der Waals surface area contributed by atoms with E-state index in [1.165, 1.54) is 15.5 Å². The Balaban J connectivity index is 1.68. The summed E-state index contributed by atoms with van der Waals surface area (Å²) < 4.78 is 6.17. The van der Waals surface area contributed by atoms with Crippen LogP contribution in [0.4, 0.5) is 11.4 Å². The van der Waals surface area contributed by atoms with Gasteiger partial charge in [0.1, 0.15) is 0 Å². The molecule has 1 heterocycles. The molecule has 1 aliphatic heterocycles. The summed E-state index contributed by atoms with van der Waals surface area (Å²) >= 11 is 8.08. The molecule has 29 heavy (non-hydrogen) atoms. The van der Waals surface area contributed by atoms with Crippen molar-refractivity contribution in [3.63, 3.8) is 0 Å². The molecule has 0 spiro atoms. The molecule has 0 saturated heterocycles.